The molecule has 0 radical (unpaired) electrons. The highest BCUT2D eigenvalue weighted by Gasteiger charge is 2.07. The normalized spacial score (nSPS) is 9.71. The summed E-state index contributed by atoms with van der Waals surface area (Å²) in [4.78, 5) is 22.0. The molecule has 17 heavy (non-hydrogen) atoms. The lowest BCUT2D eigenvalue weighted by Gasteiger charge is -2.03. The zero-order valence-corrected chi connectivity index (χ0v) is 9.64. The second-order valence-electron chi connectivity index (χ2n) is 3.48. The largest absolute Gasteiger partial charge is 0.466 e. The maximum atomic E-state index is 11.2. The summed E-state index contributed by atoms with van der Waals surface area (Å²) in [5.74, 6) is -0.988. The van der Waals surface area contributed by atoms with Crippen LogP contribution in [0.15, 0.2) is 24.3 Å². The molecule has 0 fully saturated rings. The van der Waals surface area contributed by atoms with Crippen molar-refractivity contribution < 1.29 is 19.1 Å². The van der Waals surface area contributed by atoms with Gasteiger partial charge >= 0.3 is 11.9 Å². The lowest BCUT2D eigenvalue weighted by molar-refractivity contribution is -0.156. The first-order valence-electron chi connectivity index (χ1n) is 5.18. The van der Waals surface area contributed by atoms with Gasteiger partial charge in [0.05, 0.1) is 7.11 Å². The topological polar surface area (TPSA) is 78.6 Å². The summed E-state index contributed by atoms with van der Waals surface area (Å²) in [7, 11) is 1.24. The predicted octanol–water partition coefficient (Wildman–Crippen LogP) is 0.918. The van der Waals surface area contributed by atoms with Gasteiger partial charge in [-0.15, -0.1) is 0 Å². The van der Waals surface area contributed by atoms with Crippen LogP contribution < -0.4 is 5.73 Å². The number of ether oxygens (including phenoxy) is 2. The molecule has 5 nitrogen and oxygen atoms in total. The van der Waals surface area contributed by atoms with Crippen LogP contribution in [0.1, 0.15) is 12.0 Å². The molecule has 0 aliphatic rings. The number of hydrogen-bond acceptors (Lipinski definition) is 5. The molecule has 1 aromatic rings. The van der Waals surface area contributed by atoms with E-state index < -0.39 is 11.9 Å². The summed E-state index contributed by atoms with van der Waals surface area (Å²) in [6, 6.07) is 7.25. The van der Waals surface area contributed by atoms with E-state index in [2.05, 4.69) is 4.74 Å². The molecule has 0 aliphatic heterocycles. The van der Waals surface area contributed by atoms with Gasteiger partial charge in [0.25, 0.3) is 0 Å². The third kappa shape index (κ3) is 5.01. The molecule has 0 amide bonds. The minimum Gasteiger partial charge on any atom is -0.466 e. The Morgan fingerprint density at radius 3 is 2.41 bits per heavy atom. The van der Waals surface area contributed by atoms with Gasteiger partial charge < -0.3 is 15.2 Å². The van der Waals surface area contributed by atoms with E-state index in [9.17, 15) is 9.59 Å². The first kappa shape index (κ1) is 13.0. The fourth-order valence-corrected chi connectivity index (χ4v) is 1.20. The molecule has 0 saturated carbocycles. The molecule has 0 atom stereocenters. The number of anilines is 1. The Balaban J connectivity index is 2.28. The summed E-state index contributed by atoms with van der Waals surface area (Å²) in [6.45, 7) is -0.336. The molecule has 0 unspecified atom stereocenters. The maximum absolute atomic E-state index is 11.2. The van der Waals surface area contributed by atoms with Gasteiger partial charge in [-0.2, -0.15) is 0 Å². The number of methoxy groups -OCH3 is 1. The number of nitrogen functional groups attached to an aromatic ring is 1. The monoisotopic (exact) mass is 237 g/mol. The van der Waals surface area contributed by atoms with Crippen LogP contribution >= 0.6 is 0 Å². The second kappa shape index (κ2) is 6.52. The molecule has 2 N–H and O–H groups in total. The average Bonchev–Trinajstić information content (AvgIpc) is 2.35. The molecule has 92 valence electrons. The molecular weight excluding hydrogens is 222 g/mol. The van der Waals surface area contributed by atoms with E-state index in [1.165, 1.54) is 7.11 Å². The standard InChI is InChI=1S/C12H15NO4/c1-16-12(15)8-17-11(14)7-4-9-2-5-10(13)6-3-9/h2-3,5-6H,4,7-8,13H2,1H3. The number of aryl methyl sites for hydroxylation is 1. The van der Waals surface area contributed by atoms with Crippen LogP contribution in [-0.2, 0) is 25.5 Å². The quantitative estimate of drug-likeness (QED) is 0.608. The van der Waals surface area contributed by atoms with Crippen LogP contribution in [0.3, 0.4) is 0 Å². The number of benzene rings is 1. The van der Waals surface area contributed by atoms with Gasteiger partial charge in [-0.05, 0) is 24.1 Å². The van der Waals surface area contributed by atoms with Crippen LogP contribution in [0.5, 0.6) is 0 Å². The van der Waals surface area contributed by atoms with E-state index in [-0.39, 0.29) is 13.0 Å². The summed E-state index contributed by atoms with van der Waals surface area (Å²) in [5, 5.41) is 0. The number of carbonyl (C=O) groups is 2. The molecular formula is C12H15NO4. The Kier molecular flexibility index (Phi) is 5.00. The minimum absolute atomic E-state index is 0.223. The number of nitrogens with two attached hydrogens (primary N) is 1. The van der Waals surface area contributed by atoms with Crippen molar-refractivity contribution in [2.75, 3.05) is 19.5 Å². The van der Waals surface area contributed by atoms with Crippen LogP contribution in [0.4, 0.5) is 5.69 Å². The van der Waals surface area contributed by atoms with Gasteiger partial charge in [0, 0.05) is 12.1 Å². The average molecular weight is 237 g/mol. The van der Waals surface area contributed by atoms with Crippen LogP contribution in [0.2, 0.25) is 0 Å². The molecule has 0 spiro atoms. The zero-order chi connectivity index (χ0) is 12.7. The molecule has 5 heteroatoms. The van der Waals surface area contributed by atoms with E-state index >= 15 is 0 Å². The smallest absolute Gasteiger partial charge is 0.344 e. The van der Waals surface area contributed by atoms with Crippen LogP contribution in [-0.4, -0.2) is 25.7 Å². The van der Waals surface area contributed by atoms with E-state index in [0.717, 1.165) is 5.56 Å². The highest BCUT2D eigenvalue weighted by Crippen LogP contribution is 2.08. The fourth-order valence-electron chi connectivity index (χ4n) is 1.20. The zero-order valence-electron chi connectivity index (χ0n) is 9.64. The van der Waals surface area contributed by atoms with Crippen molar-refractivity contribution in [3.8, 4) is 0 Å². The van der Waals surface area contributed by atoms with Gasteiger partial charge in [0.1, 0.15) is 0 Å². The van der Waals surface area contributed by atoms with Crippen molar-refractivity contribution in [1.82, 2.24) is 0 Å². The first-order chi connectivity index (χ1) is 8.11. The molecule has 0 aromatic heterocycles. The first-order valence-corrected chi connectivity index (χ1v) is 5.18. The van der Waals surface area contributed by atoms with Gasteiger partial charge in [-0.25, -0.2) is 4.79 Å². The summed E-state index contributed by atoms with van der Waals surface area (Å²) in [6.07, 6.45) is 0.779. The van der Waals surface area contributed by atoms with E-state index in [4.69, 9.17) is 10.5 Å². The third-order valence-electron chi connectivity index (χ3n) is 2.18. The Morgan fingerprint density at radius 2 is 1.82 bits per heavy atom. The van der Waals surface area contributed by atoms with Crippen molar-refractivity contribution >= 4 is 17.6 Å². The van der Waals surface area contributed by atoms with Crippen molar-refractivity contribution in [2.45, 2.75) is 12.8 Å². The maximum Gasteiger partial charge on any atom is 0.344 e. The molecule has 1 rings (SSSR count). The fraction of sp³-hybridized carbons (Fsp3) is 0.333. The lowest BCUT2D eigenvalue weighted by atomic mass is 10.1. The summed E-state index contributed by atoms with van der Waals surface area (Å²) >= 11 is 0. The Labute approximate surface area is 99.5 Å². The SMILES string of the molecule is COC(=O)COC(=O)CCc1ccc(N)cc1. The Hall–Kier alpha value is -2.04. The Bertz CT molecular complexity index is 386. The van der Waals surface area contributed by atoms with E-state index in [1.54, 1.807) is 12.1 Å². The predicted molar refractivity (Wildman–Crippen MR) is 62.2 cm³/mol. The van der Waals surface area contributed by atoms with Gasteiger partial charge in [-0.3, -0.25) is 4.79 Å². The van der Waals surface area contributed by atoms with Gasteiger partial charge in [0.2, 0.25) is 0 Å². The molecule has 0 heterocycles. The highest BCUT2D eigenvalue weighted by molar-refractivity contribution is 5.76. The van der Waals surface area contributed by atoms with Crippen LogP contribution in [0, 0.1) is 0 Å². The molecule has 0 saturated heterocycles. The van der Waals surface area contributed by atoms with Crippen LogP contribution in [0.25, 0.3) is 0 Å². The summed E-state index contributed by atoms with van der Waals surface area (Å²) < 4.78 is 9.05. The number of carbonyl (C=O) groups excluding carboxylic acids is 2. The van der Waals surface area contributed by atoms with Crippen molar-refractivity contribution in [1.29, 1.82) is 0 Å². The van der Waals surface area contributed by atoms with Gasteiger partial charge in [0.15, 0.2) is 6.61 Å². The van der Waals surface area contributed by atoms with Crippen molar-refractivity contribution in [3.05, 3.63) is 29.8 Å². The molecule has 1 aromatic carbocycles. The number of hydrogen-bond donors (Lipinski definition) is 1. The Morgan fingerprint density at radius 1 is 1.18 bits per heavy atom. The third-order valence-corrected chi connectivity index (χ3v) is 2.18. The van der Waals surface area contributed by atoms with Crippen molar-refractivity contribution in [3.63, 3.8) is 0 Å². The highest BCUT2D eigenvalue weighted by atomic mass is 16.6. The number of rotatable bonds is 5. The van der Waals surface area contributed by atoms with Gasteiger partial charge in [-0.1, -0.05) is 12.1 Å². The van der Waals surface area contributed by atoms with Crippen molar-refractivity contribution in [2.24, 2.45) is 0 Å². The summed E-state index contributed by atoms with van der Waals surface area (Å²) in [5.41, 5.74) is 7.21. The molecule has 0 aliphatic carbocycles. The van der Waals surface area contributed by atoms with E-state index in [1.807, 2.05) is 12.1 Å². The minimum atomic E-state index is -0.564. The second-order valence-corrected chi connectivity index (χ2v) is 3.48. The molecule has 0 bridgehead atoms. The number of esters is 2. The van der Waals surface area contributed by atoms with E-state index in [0.29, 0.717) is 12.1 Å². The lowest BCUT2D eigenvalue weighted by Crippen LogP contribution is -2.15.